The van der Waals surface area contributed by atoms with Gasteiger partial charge in [0.2, 0.25) is 0 Å². The molecule has 1 unspecified atom stereocenters. The lowest BCUT2D eigenvalue weighted by Gasteiger charge is -2.41. The number of piperazine rings is 1. The van der Waals surface area contributed by atoms with Crippen molar-refractivity contribution in [2.75, 3.05) is 33.4 Å². The molecule has 1 aliphatic heterocycles. The zero-order valence-corrected chi connectivity index (χ0v) is 15.5. The Labute approximate surface area is 158 Å². The Hall–Kier alpha value is -2.67. The monoisotopic (exact) mass is 368 g/mol. The highest BCUT2D eigenvalue weighted by Crippen LogP contribution is 2.25. The SMILES string of the molecule is COCCC1CN(C(=O)c2cnc[nH]2)CCN1C(=O)c1ccc2c(c1)CC2. The quantitative estimate of drug-likeness (QED) is 0.868. The van der Waals surface area contributed by atoms with E-state index in [2.05, 4.69) is 16.0 Å². The van der Waals surface area contributed by atoms with Gasteiger partial charge in [0.15, 0.2) is 0 Å². The van der Waals surface area contributed by atoms with E-state index >= 15 is 0 Å². The zero-order valence-electron chi connectivity index (χ0n) is 15.5. The third-order valence-electron chi connectivity index (χ3n) is 5.53. The van der Waals surface area contributed by atoms with Gasteiger partial charge in [-0.2, -0.15) is 0 Å². The molecule has 7 nitrogen and oxygen atoms in total. The molecule has 0 saturated carbocycles. The minimum atomic E-state index is -0.0805. The highest BCUT2D eigenvalue weighted by Gasteiger charge is 2.33. The maximum Gasteiger partial charge on any atom is 0.272 e. The van der Waals surface area contributed by atoms with Gasteiger partial charge in [0.05, 0.1) is 18.6 Å². The van der Waals surface area contributed by atoms with E-state index in [4.69, 9.17) is 4.74 Å². The summed E-state index contributed by atoms with van der Waals surface area (Å²) in [5.74, 6) is -0.0394. The van der Waals surface area contributed by atoms with Crippen LogP contribution in [0.5, 0.6) is 0 Å². The fourth-order valence-electron chi connectivity index (χ4n) is 3.85. The lowest BCUT2D eigenvalue weighted by Crippen LogP contribution is -2.57. The van der Waals surface area contributed by atoms with Crippen molar-refractivity contribution in [2.45, 2.75) is 25.3 Å². The van der Waals surface area contributed by atoms with Crippen molar-refractivity contribution < 1.29 is 14.3 Å². The number of nitrogens with one attached hydrogen (secondary N) is 1. The summed E-state index contributed by atoms with van der Waals surface area (Å²) >= 11 is 0. The first-order chi connectivity index (χ1) is 13.2. The zero-order chi connectivity index (χ0) is 18.8. The van der Waals surface area contributed by atoms with Gasteiger partial charge < -0.3 is 19.5 Å². The minimum Gasteiger partial charge on any atom is -0.385 e. The number of rotatable bonds is 5. The summed E-state index contributed by atoms with van der Waals surface area (Å²) in [5.41, 5.74) is 3.84. The van der Waals surface area contributed by atoms with Crippen LogP contribution < -0.4 is 0 Å². The van der Waals surface area contributed by atoms with Crippen LogP contribution in [0.1, 0.15) is 38.4 Å². The van der Waals surface area contributed by atoms with Crippen LogP contribution in [0.15, 0.2) is 30.7 Å². The van der Waals surface area contributed by atoms with Crippen LogP contribution in [-0.2, 0) is 17.6 Å². The van der Waals surface area contributed by atoms with Gasteiger partial charge in [-0.1, -0.05) is 6.07 Å². The topological polar surface area (TPSA) is 78.5 Å². The molecule has 2 amide bonds. The molecule has 0 radical (unpaired) electrons. The summed E-state index contributed by atoms with van der Waals surface area (Å²) in [5, 5.41) is 0. The number of carbonyl (C=O) groups is 2. The van der Waals surface area contributed by atoms with Crippen molar-refractivity contribution in [3.8, 4) is 0 Å². The van der Waals surface area contributed by atoms with Crippen molar-refractivity contribution in [2.24, 2.45) is 0 Å². The molecule has 1 fully saturated rings. The Balaban J connectivity index is 1.50. The molecule has 4 rings (SSSR count). The summed E-state index contributed by atoms with van der Waals surface area (Å²) in [7, 11) is 1.65. The van der Waals surface area contributed by atoms with Crippen molar-refractivity contribution >= 4 is 11.8 Å². The van der Waals surface area contributed by atoms with Gasteiger partial charge in [-0.3, -0.25) is 9.59 Å². The lowest BCUT2D eigenvalue weighted by molar-refractivity contribution is 0.0320. The van der Waals surface area contributed by atoms with Gasteiger partial charge >= 0.3 is 0 Å². The Bertz CT molecular complexity index is 834. The summed E-state index contributed by atoms with van der Waals surface area (Å²) in [6.45, 7) is 2.07. The summed E-state index contributed by atoms with van der Waals surface area (Å²) in [4.78, 5) is 36.2. The molecule has 0 spiro atoms. The summed E-state index contributed by atoms with van der Waals surface area (Å²) in [6.07, 6.45) is 5.89. The number of hydrogen-bond acceptors (Lipinski definition) is 4. The van der Waals surface area contributed by atoms with Crippen molar-refractivity contribution in [3.63, 3.8) is 0 Å². The molecule has 1 N–H and O–H groups in total. The van der Waals surface area contributed by atoms with Crippen LogP contribution in [0.25, 0.3) is 0 Å². The van der Waals surface area contributed by atoms with Crippen LogP contribution >= 0.6 is 0 Å². The fraction of sp³-hybridized carbons (Fsp3) is 0.450. The largest absolute Gasteiger partial charge is 0.385 e. The first-order valence-electron chi connectivity index (χ1n) is 9.36. The number of H-pyrrole nitrogens is 1. The van der Waals surface area contributed by atoms with E-state index in [1.807, 2.05) is 17.0 Å². The number of fused-ring (bicyclic) bond motifs is 1. The van der Waals surface area contributed by atoms with E-state index < -0.39 is 0 Å². The highest BCUT2D eigenvalue weighted by molar-refractivity contribution is 5.95. The molecule has 1 saturated heterocycles. The number of aromatic amines is 1. The van der Waals surface area contributed by atoms with Gasteiger partial charge in [-0.25, -0.2) is 4.98 Å². The lowest BCUT2D eigenvalue weighted by atomic mass is 9.87. The molecule has 27 heavy (non-hydrogen) atoms. The van der Waals surface area contributed by atoms with Gasteiger partial charge in [0, 0.05) is 38.9 Å². The molecular formula is C20H24N4O3. The van der Waals surface area contributed by atoms with Gasteiger partial charge in [-0.15, -0.1) is 0 Å². The number of carbonyl (C=O) groups excluding carboxylic acids is 2. The standard InChI is InChI=1S/C20H24N4O3/c1-27-9-6-17-12-23(20(26)18-11-21-13-22-18)7-8-24(17)19(25)16-5-3-14-2-4-15(14)10-16/h3,5,10-11,13,17H,2,4,6-9,12H2,1H3,(H,21,22). The Kier molecular flexibility index (Phi) is 4.94. The molecule has 142 valence electrons. The molecule has 0 bridgehead atoms. The number of benzene rings is 1. The predicted octanol–water partition coefficient (Wildman–Crippen LogP) is 1.51. The highest BCUT2D eigenvalue weighted by atomic mass is 16.5. The minimum absolute atomic E-state index is 0.0412. The van der Waals surface area contributed by atoms with Gasteiger partial charge in [0.1, 0.15) is 5.69 Å². The van der Waals surface area contributed by atoms with E-state index in [1.54, 1.807) is 12.0 Å². The molecule has 1 atom stereocenters. The number of hydrogen-bond donors (Lipinski definition) is 1. The number of nitrogens with zero attached hydrogens (tertiary/aromatic N) is 3. The molecule has 2 heterocycles. The summed E-state index contributed by atoms with van der Waals surface area (Å²) in [6, 6.07) is 5.95. The number of imidazole rings is 1. The van der Waals surface area contributed by atoms with E-state index in [1.165, 1.54) is 23.7 Å². The second-order valence-corrected chi connectivity index (χ2v) is 7.13. The number of aromatic nitrogens is 2. The second kappa shape index (κ2) is 7.52. The van der Waals surface area contributed by atoms with E-state index in [-0.39, 0.29) is 17.9 Å². The molecule has 7 heteroatoms. The third-order valence-corrected chi connectivity index (χ3v) is 5.53. The molecule has 2 aromatic rings. The van der Waals surface area contributed by atoms with Crippen LogP contribution in [0, 0.1) is 0 Å². The number of methoxy groups -OCH3 is 1. The van der Waals surface area contributed by atoms with Crippen molar-refractivity contribution in [1.29, 1.82) is 0 Å². The molecular weight excluding hydrogens is 344 g/mol. The van der Waals surface area contributed by atoms with E-state index in [0.29, 0.717) is 38.4 Å². The van der Waals surface area contributed by atoms with Crippen molar-refractivity contribution in [1.82, 2.24) is 19.8 Å². The first-order valence-corrected chi connectivity index (χ1v) is 9.36. The number of aryl methyl sites for hydroxylation is 2. The average molecular weight is 368 g/mol. The van der Waals surface area contributed by atoms with Crippen LogP contribution in [-0.4, -0.2) is 71.0 Å². The fourth-order valence-corrected chi connectivity index (χ4v) is 3.85. The van der Waals surface area contributed by atoms with Crippen LogP contribution in [0.2, 0.25) is 0 Å². The predicted molar refractivity (Wildman–Crippen MR) is 99.7 cm³/mol. The smallest absolute Gasteiger partial charge is 0.272 e. The van der Waals surface area contributed by atoms with E-state index in [0.717, 1.165) is 18.4 Å². The second-order valence-electron chi connectivity index (χ2n) is 7.13. The first kappa shape index (κ1) is 17.7. The Morgan fingerprint density at radius 1 is 1.22 bits per heavy atom. The van der Waals surface area contributed by atoms with Crippen LogP contribution in [0.3, 0.4) is 0 Å². The average Bonchev–Trinajstić information content (AvgIpc) is 3.21. The third kappa shape index (κ3) is 3.47. The number of ether oxygens (including phenoxy) is 1. The van der Waals surface area contributed by atoms with E-state index in [9.17, 15) is 9.59 Å². The molecule has 1 aromatic heterocycles. The van der Waals surface area contributed by atoms with Crippen LogP contribution in [0.4, 0.5) is 0 Å². The maximum absolute atomic E-state index is 13.1. The Morgan fingerprint density at radius 2 is 2.07 bits per heavy atom. The normalized spacial score (nSPS) is 18.8. The molecule has 2 aliphatic rings. The molecule has 1 aliphatic carbocycles. The Morgan fingerprint density at radius 3 is 2.74 bits per heavy atom. The van der Waals surface area contributed by atoms with Gasteiger partial charge in [0.25, 0.3) is 11.8 Å². The molecule has 1 aromatic carbocycles. The van der Waals surface area contributed by atoms with Crippen molar-refractivity contribution in [3.05, 3.63) is 53.1 Å². The maximum atomic E-state index is 13.1. The van der Waals surface area contributed by atoms with Gasteiger partial charge in [-0.05, 0) is 42.5 Å². The number of amides is 2. The summed E-state index contributed by atoms with van der Waals surface area (Å²) < 4.78 is 5.23.